The van der Waals surface area contributed by atoms with E-state index in [4.69, 9.17) is 4.74 Å². The number of piperidine rings is 1. The van der Waals surface area contributed by atoms with Gasteiger partial charge in [0.25, 0.3) is 0 Å². The van der Waals surface area contributed by atoms with Gasteiger partial charge in [0.2, 0.25) is 0 Å². The van der Waals surface area contributed by atoms with Gasteiger partial charge in [0.1, 0.15) is 12.4 Å². The highest BCUT2D eigenvalue weighted by molar-refractivity contribution is 5.29. The molecule has 1 heterocycles. The largest absolute Gasteiger partial charge is 0.489 e. The van der Waals surface area contributed by atoms with Crippen LogP contribution >= 0.6 is 0 Å². The summed E-state index contributed by atoms with van der Waals surface area (Å²) in [6.07, 6.45) is 3.36. The lowest BCUT2D eigenvalue weighted by Gasteiger charge is -2.34. The number of ether oxygens (including phenoxy) is 1. The Morgan fingerprint density at radius 1 is 1.38 bits per heavy atom. The molecule has 116 valence electrons. The number of aliphatic hydroxyl groups is 1. The summed E-state index contributed by atoms with van der Waals surface area (Å²) >= 11 is 0. The molecule has 0 aromatic heterocycles. The van der Waals surface area contributed by atoms with Crippen molar-refractivity contribution in [1.29, 1.82) is 0 Å². The van der Waals surface area contributed by atoms with Crippen LogP contribution in [0.25, 0.3) is 0 Å². The predicted octanol–water partition coefficient (Wildman–Crippen LogP) is 3.55. The van der Waals surface area contributed by atoms with Crippen molar-refractivity contribution in [3.8, 4) is 5.75 Å². The molecule has 21 heavy (non-hydrogen) atoms. The number of hydrogen-bond donors (Lipinski definition) is 1. The highest BCUT2D eigenvalue weighted by Gasteiger charge is 2.21. The molecule has 2 unspecified atom stereocenters. The number of likely N-dealkylation sites (tertiary alicyclic amines) is 1. The molecule has 1 aromatic carbocycles. The fourth-order valence-electron chi connectivity index (χ4n) is 2.75. The molecule has 1 saturated heterocycles. The molecule has 0 amide bonds. The predicted molar refractivity (Wildman–Crippen MR) is 86.6 cm³/mol. The summed E-state index contributed by atoms with van der Waals surface area (Å²) in [7, 11) is 0. The smallest absolute Gasteiger partial charge is 0.119 e. The average Bonchev–Trinajstić information content (AvgIpc) is 2.48. The molecule has 0 spiro atoms. The van der Waals surface area contributed by atoms with E-state index >= 15 is 0 Å². The minimum absolute atomic E-state index is 0.430. The molecular formula is C18H27NO2. The minimum Gasteiger partial charge on any atom is -0.489 e. The maximum Gasteiger partial charge on any atom is 0.119 e. The van der Waals surface area contributed by atoms with Crippen LogP contribution in [0.5, 0.6) is 5.75 Å². The van der Waals surface area contributed by atoms with Crippen molar-refractivity contribution in [1.82, 2.24) is 4.90 Å². The SMILES string of the molecule is C=C(C)COc1ccc(C(O)CN2CCCCC2C)cc1. The zero-order valence-corrected chi connectivity index (χ0v) is 13.2. The van der Waals surface area contributed by atoms with Crippen LogP contribution in [0, 0.1) is 0 Å². The molecule has 0 saturated carbocycles. The monoisotopic (exact) mass is 289 g/mol. The lowest BCUT2D eigenvalue weighted by atomic mass is 10.0. The van der Waals surface area contributed by atoms with Crippen molar-refractivity contribution in [2.75, 3.05) is 19.7 Å². The second-order valence-corrected chi connectivity index (χ2v) is 6.17. The number of hydrogen-bond acceptors (Lipinski definition) is 3. The van der Waals surface area contributed by atoms with Crippen molar-refractivity contribution in [3.05, 3.63) is 42.0 Å². The van der Waals surface area contributed by atoms with Gasteiger partial charge in [-0.15, -0.1) is 0 Å². The molecule has 1 aliphatic heterocycles. The van der Waals surface area contributed by atoms with Crippen LogP contribution in [-0.2, 0) is 0 Å². The van der Waals surface area contributed by atoms with E-state index in [1.807, 2.05) is 31.2 Å². The van der Waals surface area contributed by atoms with Gasteiger partial charge >= 0.3 is 0 Å². The first-order chi connectivity index (χ1) is 10.1. The number of β-amino-alcohol motifs (C(OH)–C–C–N with tert-alkyl or cyclic N) is 1. The Hall–Kier alpha value is -1.32. The van der Waals surface area contributed by atoms with Gasteiger partial charge in [0, 0.05) is 12.6 Å². The summed E-state index contributed by atoms with van der Waals surface area (Å²) in [5, 5.41) is 10.4. The zero-order valence-electron chi connectivity index (χ0n) is 13.2. The van der Waals surface area contributed by atoms with Crippen molar-refractivity contribution in [3.63, 3.8) is 0 Å². The first-order valence-corrected chi connectivity index (χ1v) is 7.85. The molecule has 2 atom stereocenters. The molecule has 1 N–H and O–H groups in total. The quantitative estimate of drug-likeness (QED) is 0.813. The van der Waals surface area contributed by atoms with Crippen molar-refractivity contribution >= 4 is 0 Å². The Morgan fingerprint density at radius 3 is 2.71 bits per heavy atom. The van der Waals surface area contributed by atoms with Crippen LogP contribution in [0.3, 0.4) is 0 Å². The number of rotatable bonds is 6. The van der Waals surface area contributed by atoms with Gasteiger partial charge in [-0.25, -0.2) is 0 Å². The molecule has 3 heteroatoms. The Labute approximate surface area is 128 Å². The number of benzene rings is 1. The topological polar surface area (TPSA) is 32.7 Å². The molecule has 3 nitrogen and oxygen atoms in total. The molecule has 1 aromatic rings. The lowest BCUT2D eigenvalue weighted by molar-refractivity contribution is 0.0732. The van der Waals surface area contributed by atoms with E-state index in [9.17, 15) is 5.11 Å². The Morgan fingerprint density at radius 2 is 2.10 bits per heavy atom. The molecule has 0 bridgehead atoms. The van der Waals surface area contributed by atoms with E-state index in [0.29, 0.717) is 19.2 Å². The maximum absolute atomic E-state index is 10.4. The molecule has 1 aliphatic rings. The van der Waals surface area contributed by atoms with Gasteiger partial charge in [-0.2, -0.15) is 0 Å². The third kappa shape index (κ3) is 4.87. The number of nitrogens with zero attached hydrogens (tertiary/aromatic N) is 1. The van der Waals surface area contributed by atoms with Crippen LogP contribution in [0.4, 0.5) is 0 Å². The first kappa shape index (κ1) is 16.1. The second kappa shape index (κ2) is 7.62. The van der Waals surface area contributed by atoms with Crippen LogP contribution in [-0.4, -0.2) is 35.7 Å². The first-order valence-electron chi connectivity index (χ1n) is 7.85. The van der Waals surface area contributed by atoms with Crippen molar-refractivity contribution in [2.24, 2.45) is 0 Å². The third-order valence-corrected chi connectivity index (χ3v) is 4.10. The Balaban J connectivity index is 1.89. The highest BCUT2D eigenvalue weighted by atomic mass is 16.5. The summed E-state index contributed by atoms with van der Waals surface area (Å²) in [6.45, 7) is 10.4. The maximum atomic E-state index is 10.4. The molecule has 2 rings (SSSR count). The fraction of sp³-hybridized carbons (Fsp3) is 0.556. The van der Waals surface area contributed by atoms with Gasteiger partial charge in [0.15, 0.2) is 0 Å². The highest BCUT2D eigenvalue weighted by Crippen LogP contribution is 2.23. The van der Waals surface area contributed by atoms with Crippen LogP contribution in [0.15, 0.2) is 36.4 Å². The molecule has 0 radical (unpaired) electrons. The normalized spacial score (nSPS) is 21.0. The molecule has 0 aliphatic carbocycles. The summed E-state index contributed by atoms with van der Waals surface area (Å²) in [5.74, 6) is 0.820. The summed E-state index contributed by atoms with van der Waals surface area (Å²) in [4.78, 5) is 2.39. The summed E-state index contributed by atoms with van der Waals surface area (Å²) in [5.41, 5.74) is 1.95. The van der Waals surface area contributed by atoms with Crippen LogP contribution < -0.4 is 4.74 Å². The third-order valence-electron chi connectivity index (χ3n) is 4.10. The second-order valence-electron chi connectivity index (χ2n) is 6.17. The zero-order chi connectivity index (χ0) is 15.2. The molecular weight excluding hydrogens is 262 g/mol. The van der Waals surface area contributed by atoms with Crippen LogP contribution in [0.1, 0.15) is 44.8 Å². The van der Waals surface area contributed by atoms with Gasteiger partial charge in [-0.3, -0.25) is 4.90 Å². The Kier molecular flexibility index (Phi) is 5.83. The standard InChI is InChI=1S/C18H27NO2/c1-14(2)13-21-17-9-7-16(8-10-17)18(20)12-19-11-5-4-6-15(19)3/h7-10,15,18,20H,1,4-6,11-13H2,2-3H3. The van der Waals surface area contributed by atoms with Gasteiger partial charge < -0.3 is 9.84 Å². The fourth-order valence-corrected chi connectivity index (χ4v) is 2.75. The summed E-state index contributed by atoms with van der Waals surface area (Å²) in [6, 6.07) is 8.31. The van der Waals surface area contributed by atoms with E-state index in [1.165, 1.54) is 19.3 Å². The number of aliphatic hydroxyl groups excluding tert-OH is 1. The van der Waals surface area contributed by atoms with Gasteiger partial charge in [0.05, 0.1) is 6.10 Å². The van der Waals surface area contributed by atoms with E-state index in [-0.39, 0.29) is 0 Å². The average molecular weight is 289 g/mol. The van der Waals surface area contributed by atoms with E-state index < -0.39 is 6.10 Å². The Bertz CT molecular complexity index is 455. The van der Waals surface area contributed by atoms with E-state index in [1.54, 1.807) is 0 Å². The van der Waals surface area contributed by atoms with Crippen molar-refractivity contribution < 1.29 is 9.84 Å². The van der Waals surface area contributed by atoms with E-state index in [2.05, 4.69) is 18.4 Å². The van der Waals surface area contributed by atoms with E-state index in [0.717, 1.165) is 23.4 Å². The molecule has 1 fully saturated rings. The van der Waals surface area contributed by atoms with Crippen molar-refractivity contribution in [2.45, 2.75) is 45.3 Å². The minimum atomic E-state index is -0.430. The summed E-state index contributed by atoms with van der Waals surface area (Å²) < 4.78 is 5.58. The van der Waals surface area contributed by atoms with Gasteiger partial charge in [-0.1, -0.05) is 25.1 Å². The van der Waals surface area contributed by atoms with Crippen LogP contribution in [0.2, 0.25) is 0 Å². The lowest BCUT2D eigenvalue weighted by Crippen LogP contribution is -2.40. The van der Waals surface area contributed by atoms with Gasteiger partial charge in [-0.05, 0) is 56.5 Å².